The number of halogens is 1. The van der Waals surface area contributed by atoms with Crippen LogP contribution in [0.2, 0.25) is 0 Å². The van der Waals surface area contributed by atoms with Crippen molar-refractivity contribution in [3.8, 4) is 0 Å². The Hall–Kier alpha value is -0.450. The fraction of sp³-hybridized carbons (Fsp3) is 0.583. The van der Waals surface area contributed by atoms with Gasteiger partial charge < -0.3 is 4.74 Å². The summed E-state index contributed by atoms with van der Waals surface area (Å²) in [6.07, 6.45) is 3.74. The molecule has 2 rings (SSSR count). The van der Waals surface area contributed by atoms with Crippen molar-refractivity contribution in [3.63, 3.8) is 0 Å². The Morgan fingerprint density at radius 1 is 1.50 bits per heavy atom. The van der Waals surface area contributed by atoms with E-state index in [0.29, 0.717) is 0 Å². The molecule has 1 aromatic rings. The molecule has 0 saturated carbocycles. The van der Waals surface area contributed by atoms with Crippen molar-refractivity contribution in [2.75, 3.05) is 19.7 Å². The molecule has 4 heteroatoms. The van der Waals surface area contributed by atoms with Crippen LogP contribution in [0.1, 0.15) is 19.4 Å². The third-order valence-electron chi connectivity index (χ3n) is 2.67. The number of nitrogens with zero attached hydrogens (tertiary/aromatic N) is 2. The van der Waals surface area contributed by atoms with E-state index < -0.39 is 0 Å². The Morgan fingerprint density at radius 2 is 2.31 bits per heavy atom. The van der Waals surface area contributed by atoms with E-state index in [9.17, 15) is 0 Å². The van der Waals surface area contributed by atoms with E-state index in [-0.39, 0.29) is 5.60 Å². The Bertz CT molecular complexity index is 368. The Morgan fingerprint density at radius 3 is 3.00 bits per heavy atom. The molecule has 2 heterocycles. The molecular weight excluding hydrogens is 268 g/mol. The van der Waals surface area contributed by atoms with E-state index in [0.717, 1.165) is 30.7 Å². The summed E-state index contributed by atoms with van der Waals surface area (Å²) in [5, 5.41) is 0. The second-order valence-electron chi connectivity index (χ2n) is 4.83. The zero-order valence-electron chi connectivity index (χ0n) is 9.74. The van der Waals surface area contributed by atoms with Crippen LogP contribution in [-0.2, 0) is 11.3 Å². The van der Waals surface area contributed by atoms with Crippen LogP contribution >= 0.6 is 15.9 Å². The first-order valence-corrected chi connectivity index (χ1v) is 6.30. The molecule has 1 saturated heterocycles. The number of hydrogen-bond acceptors (Lipinski definition) is 3. The quantitative estimate of drug-likeness (QED) is 0.834. The van der Waals surface area contributed by atoms with Crippen LogP contribution < -0.4 is 0 Å². The first-order chi connectivity index (χ1) is 7.55. The van der Waals surface area contributed by atoms with Crippen molar-refractivity contribution in [1.82, 2.24) is 9.88 Å². The van der Waals surface area contributed by atoms with Gasteiger partial charge in [0.1, 0.15) is 0 Å². The second-order valence-corrected chi connectivity index (χ2v) is 5.75. The fourth-order valence-electron chi connectivity index (χ4n) is 2.05. The van der Waals surface area contributed by atoms with Gasteiger partial charge in [-0.25, -0.2) is 0 Å². The van der Waals surface area contributed by atoms with E-state index >= 15 is 0 Å². The lowest BCUT2D eigenvalue weighted by Crippen LogP contribution is -2.47. The zero-order chi connectivity index (χ0) is 11.6. The molecule has 0 aliphatic carbocycles. The highest BCUT2D eigenvalue weighted by molar-refractivity contribution is 9.10. The van der Waals surface area contributed by atoms with Gasteiger partial charge in [-0.15, -0.1) is 0 Å². The Balaban J connectivity index is 1.99. The van der Waals surface area contributed by atoms with Crippen LogP contribution in [-0.4, -0.2) is 35.2 Å². The molecule has 1 aliphatic rings. The SMILES string of the molecule is CC1(C)CN(Cc2cncc(Br)c2)CCO1. The van der Waals surface area contributed by atoms with Gasteiger partial charge in [-0.3, -0.25) is 9.88 Å². The van der Waals surface area contributed by atoms with Crippen LogP contribution in [0.3, 0.4) is 0 Å². The molecular formula is C12H17BrN2O. The van der Waals surface area contributed by atoms with Crippen molar-refractivity contribution in [3.05, 3.63) is 28.5 Å². The lowest BCUT2D eigenvalue weighted by Gasteiger charge is -2.38. The lowest BCUT2D eigenvalue weighted by molar-refractivity contribution is -0.0882. The maximum atomic E-state index is 5.69. The van der Waals surface area contributed by atoms with Gasteiger partial charge in [0.15, 0.2) is 0 Å². The molecule has 0 spiro atoms. The highest BCUT2D eigenvalue weighted by atomic mass is 79.9. The van der Waals surface area contributed by atoms with Crippen molar-refractivity contribution in [2.24, 2.45) is 0 Å². The molecule has 0 bridgehead atoms. The van der Waals surface area contributed by atoms with Crippen LogP contribution in [0.25, 0.3) is 0 Å². The van der Waals surface area contributed by atoms with Crippen molar-refractivity contribution in [1.29, 1.82) is 0 Å². The summed E-state index contributed by atoms with van der Waals surface area (Å²) in [5.41, 5.74) is 1.21. The summed E-state index contributed by atoms with van der Waals surface area (Å²) in [5.74, 6) is 0. The van der Waals surface area contributed by atoms with E-state index in [1.54, 1.807) is 0 Å². The molecule has 0 amide bonds. The van der Waals surface area contributed by atoms with Crippen LogP contribution in [0.15, 0.2) is 22.9 Å². The third kappa shape index (κ3) is 3.27. The van der Waals surface area contributed by atoms with Gasteiger partial charge in [-0.05, 0) is 41.4 Å². The smallest absolute Gasteiger partial charge is 0.0753 e. The van der Waals surface area contributed by atoms with Crippen molar-refractivity contribution in [2.45, 2.75) is 26.0 Å². The second kappa shape index (κ2) is 4.82. The molecule has 0 unspecified atom stereocenters. The molecule has 1 fully saturated rings. The van der Waals surface area contributed by atoms with E-state index in [4.69, 9.17) is 4.74 Å². The largest absolute Gasteiger partial charge is 0.373 e. The Kier molecular flexibility index (Phi) is 3.62. The third-order valence-corrected chi connectivity index (χ3v) is 3.11. The van der Waals surface area contributed by atoms with E-state index in [1.165, 1.54) is 5.56 Å². The summed E-state index contributed by atoms with van der Waals surface area (Å²) in [7, 11) is 0. The van der Waals surface area contributed by atoms with Gasteiger partial charge in [0.05, 0.1) is 12.2 Å². The first-order valence-electron chi connectivity index (χ1n) is 5.51. The molecule has 88 valence electrons. The topological polar surface area (TPSA) is 25.4 Å². The van der Waals surface area contributed by atoms with E-state index in [1.807, 2.05) is 12.4 Å². The van der Waals surface area contributed by atoms with Gasteiger partial charge in [-0.1, -0.05) is 0 Å². The van der Waals surface area contributed by atoms with Crippen LogP contribution in [0.5, 0.6) is 0 Å². The lowest BCUT2D eigenvalue weighted by atomic mass is 10.1. The van der Waals surface area contributed by atoms with Crippen molar-refractivity contribution < 1.29 is 4.74 Å². The highest BCUT2D eigenvalue weighted by Gasteiger charge is 2.26. The molecule has 1 aliphatic heterocycles. The zero-order valence-corrected chi connectivity index (χ0v) is 11.3. The van der Waals surface area contributed by atoms with Crippen LogP contribution in [0, 0.1) is 0 Å². The predicted octanol–water partition coefficient (Wildman–Crippen LogP) is 2.45. The monoisotopic (exact) mass is 284 g/mol. The van der Waals surface area contributed by atoms with Gasteiger partial charge in [0.2, 0.25) is 0 Å². The minimum absolute atomic E-state index is 0.0301. The molecule has 0 atom stereocenters. The van der Waals surface area contributed by atoms with Gasteiger partial charge in [0, 0.05) is 36.5 Å². The average Bonchev–Trinajstić information content (AvgIpc) is 2.15. The van der Waals surface area contributed by atoms with Gasteiger partial charge in [-0.2, -0.15) is 0 Å². The number of aromatic nitrogens is 1. The number of ether oxygens (including phenoxy) is 1. The normalized spacial score (nSPS) is 20.9. The molecule has 0 N–H and O–H groups in total. The molecule has 1 aromatic heterocycles. The maximum Gasteiger partial charge on any atom is 0.0753 e. The molecule has 16 heavy (non-hydrogen) atoms. The number of morpholine rings is 1. The van der Waals surface area contributed by atoms with E-state index in [2.05, 4.69) is 45.7 Å². The predicted molar refractivity (Wildman–Crippen MR) is 67.2 cm³/mol. The summed E-state index contributed by atoms with van der Waals surface area (Å²) >= 11 is 3.44. The van der Waals surface area contributed by atoms with Crippen molar-refractivity contribution >= 4 is 15.9 Å². The number of rotatable bonds is 2. The molecule has 3 nitrogen and oxygen atoms in total. The van der Waals surface area contributed by atoms with Gasteiger partial charge in [0.25, 0.3) is 0 Å². The first kappa shape index (κ1) is 12.0. The highest BCUT2D eigenvalue weighted by Crippen LogP contribution is 2.19. The standard InChI is InChI=1S/C12H17BrN2O/c1-12(2)9-15(3-4-16-12)8-10-5-11(13)7-14-6-10/h5-7H,3-4,8-9H2,1-2H3. The maximum absolute atomic E-state index is 5.69. The summed E-state index contributed by atoms with van der Waals surface area (Å²) < 4.78 is 6.73. The number of hydrogen-bond donors (Lipinski definition) is 0. The minimum atomic E-state index is -0.0301. The molecule has 0 aromatic carbocycles. The summed E-state index contributed by atoms with van der Waals surface area (Å²) in [6, 6.07) is 2.12. The van der Waals surface area contributed by atoms with Gasteiger partial charge >= 0.3 is 0 Å². The van der Waals surface area contributed by atoms with Crippen LogP contribution in [0.4, 0.5) is 0 Å². The summed E-state index contributed by atoms with van der Waals surface area (Å²) in [4.78, 5) is 6.59. The fourth-order valence-corrected chi connectivity index (χ4v) is 2.46. The minimum Gasteiger partial charge on any atom is -0.373 e. The average molecular weight is 285 g/mol. The summed E-state index contributed by atoms with van der Waals surface area (Å²) in [6.45, 7) is 8.00. The molecule has 0 radical (unpaired) electrons. The number of pyridine rings is 1. The Labute approximate surface area is 105 Å².